The predicted molar refractivity (Wildman–Crippen MR) is 131 cm³/mol. The predicted octanol–water partition coefficient (Wildman–Crippen LogP) is 4.89. The lowest BCUT2D eigenvalue weighted by atomic mass is 9.85. The summed E-state index contributed by atoms with van der Waals surface area (Å²) in [5.41, 5.74) is 1.73. The van der Waals surface area contributed by atoms with E-state index in [2.05, 4.69) is 4.98 Å². The van der Waals surface area contributed by atoms with Crippen molar-refractivity contribution in [2.45, 2.75) is 12.3 Å². The molecule has 5 aromatic rings. The molecule has 3 heterocycles. The first-order valence-electron chi connectivity index (χ1n) is 11.2. The molecule has 0 saturated carbocycles. The molecule has 0 unspecified atom stereocenters. The number of H-pyrrole nitrogens is 1. The second kappa shape index (κ2) is 8.20. The number of pyridine rings is 1. The van der Waals surface area contributed by atoms with E-state index in [1.54, 1.807) is 31.4 Å². The second-order valence-corrected chi connectivity index (χ2v) is 8.58. The standard InChI is InChI=1S/C28H18FNO6/c1-34-17-6-8-22-15(10-17)11-20(28(33)30-22)19-12-24(31)36-23-9-7-18-26(32)21(13-35-27(18)25(19)23)14-2-4-16(29)5-3-14/h2-11,13,19H,12H2,1H3,(H,30,33)/t19-/m0/s1. The molecular weight excluding hydrogens is 465 g/mol. The van der Waals surface area contributed by atoms with Crippen molar-refractivity contribution >= 4 is 27.8 Å². The summed E-state index contributed by atoms with van der Waals surface area (Å²) in [6, 6.07) is 15.6. The molecule has 1 aliphatic heterocycles. The van der Waals surface area contributed by atoms with Crippen molar-refractivity contribution in [3.05, 3.63) is 104 Å². The number of esters is 1. The zero-order valence-corrected chi connectivity index (χ0v) is 19.0. The third-order valence-electron chi connectivity index (χ3n) is 6.49. The minimum Gasteiger partial charge on any atom is -0.497 e. The average Bonchev–Trinajstić information content (AvgIpc) is 2.88. The summed E-state index contributed by atoms with van der Waals surface area (Å²) in [5, 5.41) is 0.988. The van der Waals surface area contributed by atoms with Crippen LogP contribution in [0.4, 0.5) is 4.39 Å². The van der Waals surface area contributed by atoms with Crippen LogP contribution in [0.1, 0.15) is 23.5 Å². The second-order valence-electron chi connectivity index (χ2n) is 8.58. The average molecular weight is 483 g/mol. The first-order chi connectivity index (χ1) is 17.4. The molecule has 0 saturated heterocycles. The summed E-state index contributed by atoms with van der Waals surface area (Å²) in [5.74, 6) is -0.771. The van der Waals surface area contributed by atoms with Crippen LogP contribution in [-0.4, -0.2) is 18.1 Å². The van der Waals surface area contributed by atoms with Gasteiger partial charge < -0.3 is 18.9 Å². The lowest BCUT2D eigenvalue weighted by Crippen LogP contribution is -2.26. The molecule has 0 fully saturated rings. The quantitative estimate of drug-likeness (QED) is 0.290. The molecular formula is C28H18FNO6. The Morgan fingerprint density at radius 3 is 2.58 bits per heavy atom. The maximum Gasteiger partial charge on any atom is 0.312 e. The van der Waals surface area contributed by atoms with Crippen LogP contribution in [-0.2, 0) is 4.79 Å². The van der Waals surface area contributed by atoms with E-state index in [1.165, 1.54) is 42.7 Å². The molecule has 0 amide bonds. The highest BCUT2D eigenvalue weighted by Crippen LogP contribution is 2.42. The molecule has 6 rings (SSSR count). The van der Waals surface area contributed by atoms with Crippen molar-refractivity contribution in [3.8, 4) is 22.6 Å². The summed E-state index contributed by atoms with van der Waals surface area (Å²) >= 11 is 0. The van der Waals surface area contributed by atoms with Gasteiger partial charge in [0.15, 0.2) is 0 Å². The molecule has 2 aromatic heterocycles. The Kier molecular flexibility index (Phi) is 4.96. The van der Waals surface area contributed by atoms with E-state index in [4.69, 9.17) is 13.9 Å². The molecule has 0 radical (unpaired) electrons. The van der Waals surface area contributed by atoms with E-state index in [9.17, 15) is 18.8 Å². The number of aromatic amines is 1. The Bertz CT molecular complexity index is 1800. The van der Waals surface area contributed by atoms with Crippen LogP contribution in [0.5, 0.6) is 11.5 Å². The Morgan fingerprint density at radius 1 is 1.00 bits per heavy atom. The van der Waals surface area contributed by atoms with Gasteiger partial charge in [0.05, 0.1) is 24.5 Å². The van der Waals surface area contributed by atoms with Crippen LogP contribution in [0.25, 0.3) is 33.0 Å². The normalized spacial score (nSPS) is 15.1. The number of fused-ring (bicyclic) bond motifs is 4. The number of hydrogen-bond donors (Lipinski definition) is 1. The topological polar surface area (TPSA) is 98.6 Å². The zero-order valence-electron chi connectivity index (χ0n) is 19.0. The largest absolute Gasteiger partial charge is 0.497 e. The van der Waals surface area contributed by atoms with Crippen molar-refractivity contribution in [1.29, 1.82) is 0 Å². The minimum atomic E-state index is -0.705. The lowest BCUT2D eigenvalue weighted by Gasteiger charge is -2.25. The number of ether oxygens (including phenoxy) is 2. The maximum atomic E-state index is 13.4. The number of methoxy groups -OCH3 is 1. The van der Waals surface area contributed by atoms with Gasteiger partial charge in [0, 0.05) is 27.9 Å². The Labute approximate surface area is 202 Å². The van der Waals surface area contributed by atoms with Gasteiger partial charge in [-0.2, -0.15) is 0 Å². The molecule has 8 heteroatoms. The van der Waals surface area contributed by atoms with Gasteiger partial charge in [-0.1, -0.05) is 12.1 Å². The number of carbonyl (C=O) groups is 1. The Hall–Kier alpha value is -4.72. The summed E-state index contributed by atoms with van der Waals surface area (Å²) in [6.45, 7) is 0. The van der Waals surface area contributed by atoms with Crippen molar-refractivity contribution in [2.24, 2.45) is 0 Å². The highest BCUT2D eigenvalue weighted by atomic mass is 19.1. The van der Waals surface area contributed by atoms with E-state index < -0.39 is 17.7 Å². The molecule has 1 atom stereocenters. The van der Waals surface area contributed by atoms with Crippen molar-refractivity contribution in [3.63, 3.8) is 0 Å². The number of nitrogens with one attached hydrogen (secondary N) is 1. The van der Waals surface area contributed by atoms with Gasteiger partial charge in [-0.05, 0) is 54.1 Å². The van der Waals surface area contributed by atoms with E-state index in [1.807, 2.05) is 0 Å². The maximum absolute atomic E-state index is 13.4. The monoisotopic (exact) mass is 483 g/mol. The van der Waals surface area contributed by atoms with Gasteiger partial charge in [0.1, 0.15) is 29.2 Å². The third-order valence-corrected chi connectivity index (χ3v) is 6.49. The van der Waals surface area contributed by atoms with Gasteiger partial charge in [-0.15, -0.1) is 0 Å². The fraction of sp³-hybridized carbons (Fsp3) is 0.107. The van der Waals surface area contributed by atoms with E-state index in [0.29, 0.717) is 28.0 Å². The fourth-order valence-corrected chi connectivity index (χ4v) is 4.74. The van der Waals surface area contributed by atoms with Crippen molar-refractivity contribution in [2.75, 3.05) is 7.11 Å². The van der Waals surface area contributed by atoms with Crippen LogP contribution >= 0.6 is 0 Å². The molecule has 178 valence electrons. The van der Waals surface area contributed by atoms with E-state index in [-0.39, 0.29) is 39.7 Å². The summed E-state index contributed by atoms with van der Waals surface area (Å²) in [4.78, 5) is 41.8. The van der Waals surface area contributed by atoms with Crippen LogP contribution in [0.3, 0.4) is 0 Å². The minimum absolute atomic E-state index is 0.103. The van der Waals surface area contributed by atoms with Gasteiger partial charge in [0.25, 0.3) is 5.56 Å². The molecule has 0 aliphatic carbocycles. The van der Waals surface area contributed by atoms with Crippen molar-refractivity contribution in [1.82, 2.24) is 4.98 Å². The van der Waals surface area contributed by atoms with Gasteiger partial charge in [-0.25, -0.2) is 4.39 Å². The van der Waals surface area contributed by atoms with Gasteiger partial charge in [-0.3, -0.25) is 14.4 Å². The van der Waals surface area contributed by atoms with Gasteiger partial charge in [0.2, 0.25) is 5.43 Å². The van der Waals surface area contributed by atoms with Gasteiger partial charge >= 0.3 is 5.97 Å². The zero-order chi connectivity index (χ0) is 25.0. The fourth-order valence-electron chi connectivity index (χ4n) is 4.74. The molecule has 1 aliphatic rings. The summed E-state index contributed by atoms with van der Waals surface area (Å²) in [7, 11) is 1.55. The summed E-state index contributed by atoms with van der Waals surface area (Å²) < 4.78 is 30.1. The van der Waals surface area contributed by atoms with E-state index in [0.717, 1.165) is 5.39 Å². The number of halogens is 1. The van der Waals surface area contributed by atoms with Crippen LogP contribution in [0.15, 0.2) is 80.9 Å². The molecule has 0 spiro atoms. The first-order valence-corrected chi connectivity index (χ1v) is 11.2. The summed E-state index contributed by atoms with van der Waals surface area (Å²) in [6.07, 6.45) is 1.20. The number of benzene rings is 3. The van der Waals surface area contributed by atoms with Crippen LogP contribution < -0.4 is 20.5 Å². The molecule has 36 heavy (non-hydrogen) atoms. The number of carbonyl (C=O) groups excluding carboxylic acids is 1. The lowest BCUT2D eigenvalue weighted by molar-refractivity contribution is -0.135. The highest BCUT2D eigenvalue weighted by Gasteiger charge is 2.34. The van der Waals surface area contributed by atoms with E-state index >= 15 is 0 Å². The SMILES string of the molecule is COc1ccc2[nH]c(=O)c([C@@H]3CC(=O)Oc4ccc5c(=O)c(-c6ccc(F)cc6)coc5c43)cc2c1. The molecule has 1 N–H and O–H groups in total. The Morgan fingerprint density at radius 2 is 1.81 bits per heavy atom. The number of hydrogen-bond acceptors (Lipinski definition) is 6. The Balaban J connectivity index is 1.58. The molecule has 0 bridgehead atoms. The van der Waals surface area contributed by atoms with Crippen LogP contribution in [0, 0.1) is 5.82 Å². The number of aromatic nitrogens is 1. The highest BCUT2D eigenvalue weighted by molar-refractivity contribution is 5.90. The number of rotatable bonds is 3. The smallest absolute Gasteiger partial charge is 0.312 e. The third kappa shape index (κ3) is 3.46. The first kappa shape index (κ1) is 21.8. The molecule has 3 aromatic carbocycles. The molecule has 7 nitrogen and oxygen atoms in total. The van der Waals surface area contributed by atoms with Crippen molar-refractivity contribution < 1.29 is 23.1 Å². The van der Waals surface area contributed by atoms with Crippen LogP contribution in [0.2, 0.25) is 0 Å².